The number of sulfonamides is 1. The van der Waals surface area contributed by atoms with E-state index in [1.807, 2.05) is 0 Å². The van der Waals surface area contributed by atoms with Gasteiger partial charge in [0.05, 0.1) is 28.9 Å². The Labute approximate surface area is 192 Å². The molecule has 1 saturated heterocycles. The van der Waals surface area contributed by atoms with Crippen LogP contribution in [0.3, 0.4) is 0 Å². The number of hydrogen-bond donors (Lipinski definition) is 3. The number of carbonyl (C=O) groups is 2. The summed E-state index contributed by atoms with van der Waals surface area (Å²) < 4.78 is 27.4. The summed E-state index contributed by atoms with van der Waals surface area (Å²) in [6, 6.07) is 5.97. The number of carbonyl (C=O) groups excluding carboxylic acids is 2. The summed E-state index contributed by atoms with van der Waals surface area (Å²) in [5.41, 5.74) is 7.27. The van der Waals surface area contributed by atoms with Crippen LogP contribution >= 0.6 is 11.3 Å². The minimum atomic E-state index is -3.57. The maximum Gasteiger partial charge on any atom is 0.256 e. The van der Waals surface area contributed by atoms with Gasteiger partial charge in [0.15, 0.2) is 0 Å². The molecule has 32 heavy (non-hydrogen) atoms. The molecule has 0 aliphatic carbocycles. The van der Waals surface area contributed by atoms with Crippen molar-refractivity contribution in [2.75, 3.05) is 32.0 Å². The summed E-state index contributed by atoms with van der Waals surface area (Å²) in [5.74, 6) is -0.943. The molecule has 4 rings (SSSR count). The van der Waals surface area contributed by atoms with Gasteiger partial charge in [-0.05, 0) is 42.7 Å². The lowest BCUT2D eigenvalue weighted by Crippen LogP contribution is -3.08. The third kappa shape index (κ3) is 4.59. The molecule has 3 heterocycles. The van der Waals surface area contributed by atoms with E-state index in [9.17, 15) is 18.0 Å². The quantitative estimate of drug-likeness (QED) is 0.601. The summed E-state index contributed by atoms with van der Waals surface area (Å²) in [7, 11) is -1.48. The van der Waals surface area contributed by atoms with Crippen LogP contribution in [0.1, 0.15) is 56.8 Å². The standard InChI is InChI=1S/C22H28N4O4S2/c1-25-13-10-17-18(14-25)31-22(19(17)20(23)27)24-21(28)15-6-8-16(9-7-15)32(29,30)26-11-4-2-3-5-12-26/h6-9H,2-5,10-14H2,1H3,(H2,23,27)(H,24,28)/p+1. The van der Waals surface area contributed by atoms with Gasteiger partial charge in [-0.3, -0.25) is 9.59 Å². The molecule has 0 radical (unpaired) electrons. The normalized spacial score (nSPS) is 19.7. The van der Waals surface area contributed by atoms with Crippen LogP contribution in [0.5, 0.6) is 0 Å². The van der Waals surface area contributed by atoms with Crippen molar-refractivity contribution in [3.05, 3.63) is 45.8 Å². The lowest BCUT2D eigenvalue weighted by molar-refractivity contribution is -0.895. The van der Waals surface area contributed by atoms with E-state index in [0.29, 0.717) is 29.2 Å². The number of amides is 2. The van der Waals surface area contributed by atoms with Gasteiger partial charge in [-0.15, -0.1) is 11.3 Å². The first-order valence-corrected chi connectivity index (χ1v) is 13.2. The molecule has 2 amide bonds. The molecule has 2 aromatic rings. The first-order valence-electron chi connectivity index (χ1n) is 10.9. The van der Waals surface area contributed by atoms with Gasteiger partial charge in [-0.2, -0.15) is 4.31 Å². The highest BCUT2D eigenvalue weighted by molar-refractivity contribution is 7.89. The van der Waals surface area contributed by atoms with E-state index in [1.54, 1.807) is 0 Å². The van der Waals surface area contributed by atoms with Crippen molar-refractivity contribution in [3.63, 3.8) is 0 Å². The molecule has 1 fully saturated rings. The van der Waals surface area contributed by atoms with Crippen molar-refractivity contribution in [2.24, 2.45) is 5.73 Å². The van der Waals surface area contributed by atoms with Crippen LogP contribution in [0.4, 0.5) is 5.00 Å². The van der Waals surface area contributed by atoms with Crippen molar-refractivity contribution in [2.45, 2.75) is 43.5 Å². The Bertz CT molecular complexity index is 1120. The summed E-state index contributed by atoms with van der Waals surface area (Å²) in [5, 5.41) is 3.28. The van der Waals surface area contributed by atoms with Crippen molar-refractivity contribution in [1.29, 1.82) is 0 Å². The highest BCUT2D eigenvalue weighted by Crippen LogP contribution is 2.34. The smallest absolute Gasteiger partial charge is 0.256 e. The second-order valence-electron chi connectivity index (χ2n) is 8.50. The fourth-order valence-corrected chi connectivity index (χ4v) is 7.23. The average Bonchev–Trinajstić information content (AvgIpc) is 2.91. The van der Waals surface area contributed by atoms with E-state index >= 15 is 0 Å². The minimum absolute atomic E-state index is 0.186. The average molecular weight is 478 g/mol. The molecule has 1 aromatic carbocycles. The minimum Gasteiger partial charge on any atom is -0.365 e. The Morgan fingerprint density at radius 1 is 1.09 bits per heavy atom. The number of nitrogens with one attached hydrogen (secondary N) is 2. The zero-order chi connectivity index (χ0) is 22.9. The van der Waals surface area contributed by atoms with Gasteiger partial charge in [-0.25, -0.2) is 8.42 Å². The molecule has 0 bridgehead atoms. The van der Waals surface area contributed by atoms with Crippen molar-refractivity contribution in [3.8, 4) is 0 Å². The maximum atomic E-state index is 12.9. The Kier molecular flexibility index (Phi) is 6.66. The van der Waals surface area contributed by atoms with Crippen molar-refractivity contribution >= 4 is 38.2 Å². The lowest BCUT2D eigenvalue weighted by Gasteiger charge is -2.20. The highest BCUT2D eigenvalue weighted by Gasteiger charge is 2.29. The monoisotopic (exact) mass is 477 g/mol. The van der Waals surface area contributed by atoms with Crippen LogP contribution < -0.4 is 16.0 Å². The molecular formula is C22H29N4O4S2+. The molecule has 0 saturated carbocycles. The first kappa shape index (κ1) is 22.9. The van der Waals surface area contributed by atoms with Gasteiger partial charge >= 0.3 is 0 Å². The molecule has 0 spiro atoms. The Balaban J connectivity index is 1.53. The number of nitrogens with two attached hydrogens (primary N) is 1. The predicted octanol–water partition coefficient (Wildman–Crippen LogP) is 1.23. The molecule has 4 N–H and O–H groups in total. The second-order valence-corrected chi connectivity index (χ2v) is 11.5. The summed E-state index contributed by atoms with van der Waals surface area (Å²) >= 11 is 1.39. The van der Waals surface area contributed by atoms with Gasteiger partial charge in [0.1, 0.15) is 11.5 Å². The zero-order valence-electron chi connectivity index (χ0n) is 18.1. The topological polar surface area (TPSA) is 114 Å². The fraction of sp³-hybridized carbons (Fsp3) is 0.455. The molecule has 1 aromatic heterocycles. The van der Waals surface area contributed by atoms with Crippen molar-refractivity contribution in [1.82, 2.24) is 4.31 Å². The number of rotatable bonds is 5. The number of fused-ring (bicyclic) bond motifs is 1. The fourth-order valence-electron chi connectivity index (χ4n) is 4.35. The third-order valence-electron chi connectivity index (χ3n) is 6.15. The predicted molar refractivity (Wildman–Crippen MR) is 124 cm³/mol. The number of nitrogens with zero attached hydrogens (tertiary/aromatic N) is 1. The van der Waals surface area contributed by atoms with Crippen molar-refractivity contribution < 1.29 is 22.9 Å². The number of hydrogen-bond acceptors (Lipinski definition) is 5. The summed E-state index contributed by atoms with van der Waals surface area (Å²) in [6.45, 7) is 2.75. The van der Waals surface area contributed by atoms with Gasteiger partial charge in [0.25, 0.3) is 11.8 Å². The van der Waals surface area contributed by atoms with E-state index in [4.69, 9.17) is 5.73 Å². The van der Waals surface area contributed by atoms with E-state index < -0.39 is 21.8 Å². The van der Waals surface area contributed by atoms with Crippen LogP contribution in [0.15, 0.2) is 29.2 Å². The third-order valence-corrected chi connectivity index (χ3v) is 9.21. The number of benzene rings is 1. The molecule has 8 nitrogen and oxygen atoms in total. The first-order chi connectivity index (χ1) is 15.3. The van der Waals surface area contributed by atoms with E-state index in [1.165, 1.54) is 44.8 Å². The van der Waals surface area contributed by atoms with E-state index in [-0.39, 0.29) is 4.90 Å². The van der Waals surface area contributed by atoms with Gasteiger partial charge in [-0.1, -0.05) is 12.8 Å². The highest BCUT2D eigenvalue weighted by atomic mass is 32.2. The molecule has 10 heteroatoms. The largest absolute Gasteiger partial charge is 0.365 e. The lowest BCUT2D eigenvalue weighted by atomic mass is 10.0. The number of likely N-dealkylation sites (N-methyl/N-ethyl adjacent to an activating group) is 1. The number of quaternary nitrogens is 1. The van der Waals surface area contributed by atoms with Crippen LogP contribution in [0.25, 0.3) is 0 Å². The van der Waals surface area contributed by atoms with Gasteiger partial charge in [0, 0.05) is 25.1 Å². The molecule has 1 atom stereocenters. The summed E-state index contributed by atoms with van der Waals surface area (Å²) in [6.07, 6.45) is 4.56. The Hall–Kier alpha value is -2.27. The van der Waals surface area contributed by atoms with Crippen LogP contribution in [-0.4, -0.2) is 51.2 Å². The molecule has 1 unspecified atom stereocenters. The zero-order valence-corrected chi connectivity index (χ0v) is 19.8. The summed E-state index contributed by atoms with van der Waals surface area (Å²) in [4.78, 5) is 27.5. The second kappa shape index (κ2) is 9.30. The number of thiophene rings is 1. The van der Waals surface area contributed by atoms with Crippen LogP contribution in [0, 0.1) is 0 Å². The maximum absolute atomic E-state index is 12.9. The Morgan fingerprint density at radius 2 is 1.75 bits per heavy atom. The van der Waals surface area contributed by atoms with E-state index in [0.717, 1.165) is 55.6 Å². The molecular weight excluding hydrogens is 448 g/mol. The van der Waals surface area contributed by atoms with Crippen LogP contribution in [0.2, 0.25) is 0 Å². The number of primary amides is 1. The molecule has 2 aliphatic heterocycles. The Morgan fingerprint density at radius 3 is 2.38 bits per heavy atom. The van der Waals surface area contributed by atoms with E-state index in [2.05, 4.69) is 12.4 Å². The molecule has 2 aliphatic rings. The van der Waals surface area contributed by atoms with Crippen LogP contribution in [-0.2, 0) is 23.0 Å². The van der Waals surface area contributed by atoms with Gasteiger partial charge in [0.2, 0.25) is 10.0 Å². The number of anilines is 1. The SMILES string of the molecule is C[NH+]1CCc2c(sc(NC(=O)c3ccc(S(=O)(=O)N4CCCCCC4)cc3)c2C(N)=O)C1. The van der Waals surface area contributed by atoms with Gasteiger partial charge < -0.3 is 16.0 Å². The molecule has 172 valence electrons.